The molecule has 102 valence electrons. The van der Waals surface area contributed by atoms with Crippen LogP contribution in [0.25, 0.3) is 0 Å². The molecule has 0 saturated carbocycles. The molecule has 6 heteroatoms. The Balaban J connectivity index is 2.34. The van der Waals surface area contributed by atoms with Gasteiger partial charge in [0.2, 0.25) is 0 Å². The summed E-state index contributed by atoms with van der Waals surface area (Å²) in [5, 5.41) is 7.83. The summed E-state index contributed by atoms with van der Waals surface area (Å²) in [6.07, 6.45) is 1.51. The number of ether oxygens (including phenoxy) is 1. The maximum atomic E-state index is 5.85. The molecule has 0 aliphatic rings. The van der Waals surface area contributed by atoms with Crippen LogP contribution in [0.2, 0.25) is 0 Å². The molecule has 0 amide bonds. The van der Waals surface area contributed by atoms with Crippen molar-refractivity contribution in [2.45, 2.75) is 19.1 Å². The summed E-state index contributed by atoms with van der Waals surface area (Å²) >= 11 is 0. The fraction of sp³-hybridized carbons (Fsp3) is 0.385. The zero-order valence-corrected chi connectivity index (χ0v) is 11.2. The van der Waals surface area contributed by atoms with Crippen molar-refractivity contribution >= 4 is 0 Å². The van der Waals surface area contributed by atoms with E-state index >= 15 is 0 Å². The molecule has 0 spiro atoms. The number of hydrazine groups is 1. The van der Waals surface area contributed by atoms with E-state index < -0.39 is 0 Å². The third-order valence-corrected chi connectivity index (χ3v) is 3.02. The normalized spacial score (nSPS) is 14.3. The van der Waals surface area contributed by atoms with Gasteiger partial charge in [-0.2, -0.15) is 0 Å². The van der Waals surface area contributed by atoms with Crippen LogP contribution in [0, 0.1) is 0 Å². The summed E-state index contributed by atoms with van der Waals surface area (Å²) in [6, 6.07) is 9.78. The molecule has 2 atom stereocenters. The van der Waals surface area contributed by atoms with Crippen molar-refractivity contribution in [1.82, 2.24) is 20.4 Å². The maximum Gasteiger partial charge on any atom is 0.105 e. The number of aryl methyl sites for hydroxylation is 1. The van der Waals surface area contributed by atoms with Crippen molar-refractivity contribution in [3.63, 3.8) is 0 Å². The first-order valence-corrected chi connectivity index (χ1v) is 6.25. The second-order valence-corrected chi connectivity index (χ2v) is 4.21. The largest absolute Gasteiger partial charge is 0.372 e. The van der Waals surface area contributed by atoms with Crippen LogP contribution in [0.1, 0.15) is 30.3 Å². The average Bonchev–Trinajstić information content (AvgIpc) is 2.86. The predicted molar refractivity (Wildman–Crippen MR) is 71.9 cm³/mol. The van der Waals surface area contributed by atoms with E-state index in [1.807, 2.05) is 44.3 Å². The lowest BCUT2D eigenvalue weighted by Crippen LogP contribution is -2.35. The monoisotopic (exact) mass is 261 g/mol. The van der Waals surface area contributed by atoms with Crippen LogP contribution in [0.3, 0.4) is 0 Å². The molecule has 0 aliphatic heterocycles. The highest BCUT2D eigenvalue weighted by Gasteiger charge is 2.27. The first-order chi connectivity index (χ1) is 9.27. The van der Waals surface area contributed by atoms with Crippen molar-refractivity contribution < 1.29 is 4.74 Å². The van der Waals surface area contributed by atoms with Gasteiger partial charge in [-0.3, -0.25) is 10.5 Å². The summed E-state index contributed by atoms with van der Waals surface area (Å²) in [6.45, 7) is 2.56. The van der Waals surface area contributed by atoms with Crippen LogP contribution in [0.15, 0.2) is 36.5 Å². The van der Waals surface area contributed by atoms with Crippen LogP contribution >= 0.6 is 0 Å². The number of nitrogens with one attached hydrogen (secondary N) is 1. The SMILES string of the molecule is CCOC(c1ccccc1)C(NN)c1cnnn1C. The van der Waals surface area contributed by atoms with Gasteiger partial charge in [-0.25, -0.2) is 5.43 Å². The lowest BCUT2D eigenvalue weighted by atomic mass is 10.00. The number of hydrogen-bond acceptors (Lipinski definition) is 5. The Morgan fingerprint density at radius 3 is 2.63 bits per heavy atom. The summed E-state index contributed by atoms with van der Waals surface area (Å²) in [5.41, 5.74) is 4.75. The van der Waals surface area contributed by atoms with Crippen molar-refractivity contribution in [1.29, 1.82) is 0 Å². The van der Waals surface area contributed by atoms with E-state index in [2.05, 4.69) is 15.7 Å². The molecule has 2 unspecified atom stereocenters. The molecule has 19 heavy (non-hydrogen) atoms. The van der Waals surface area contributed by atoms with Gasteiger partial charge in [0, 0.05) is 13.7 Å². The molecule has 0 saturated heterocycles. The molecule has 1 aromatic carbocycles. The van der Waals surface area contributed by atoms with Crippen LogP contribution in [0.4, 0.5) is 0 Å². The molecular weight excluding hydrogens is 242 g/mol. The minimum Gasteiger partial charge on any atom is -0.372 e. The Kier molecular flexibility index (Phi) is 4.62. The molecule has 2 rings (SSSR count). The van der Waals surface area contributed by atoms with Crippen LogP contribution in [-0.2, 0) is 11.8 Å². The van der Waals surface area contributed by atoms with E-state index in [1.54, 1.807) is 10.9 Å². The van der Waals surface area contributed by atoms with Gasteiger partial charge in [-0.1, -0.05) is 35.5 Å². The first kappa shape index (κ1) is 13.7. The topological polar surface area (TPSA) is 78.0 Å². The molecule has 0 radical (unpaired) electrons. The molecule has 1 aromatic heterocycles. The zero-order chi connectivity index (χ0) is 13.7. The molecule has 2 aromatic rings. The molecule has 3 N–H and O–H groups in total. The first-order valence-electron chi connectivity index (χ1n) is 6.25. The number of nitrogens with zero attached hydrogens (tertiary/aromatic N) is 3. The standard InChI is InChI=1S/C13H19N5O/c1-3-19-13(10-7-5-4-6-8-10)12(16-14)11-9-15-17-18(11)2/h4-9,12-13,16H,3,14H2,1-2H3. The second-order valence-electron chi connectivity index (χ2n) is 4.21. The van der Waals surface area contributed by atoms with E-state index in [4.69, 9.17) is 10.6 Å². The molecular formula is C13H19N5O. The Labute approximate surface area is 112 Å². The Morgan fingerprint density at radius 1 is 1.37 bits per heavy atom. The number of hydrogen-bond donors (Lipinski definition) is 2. The summed E-state index contributed by atoms with van der Waals surface area (Å²) < 4.78 is 7.54. The lowest BCUT2D eigenvalue weighted by molar-refractivity contribution is 0.0305. The van der Waals surface area contributed by atoms with Gasteiger partial charge in [0.1, 0.15) is 6.10 Å². The number of nitrogens with two attached hydrogens (primary N) is 1. The second kappa shape index (κ2) is 6.42. The number of benzene rings is 1. The van der Waals surface area contributed by atoms with E-state index in [-0.39, 0.29) is 12.1 Å². The van der Waals surface area contributed by atoms with Gasteiger partial charge in [0.25, 0.3) is 0 Å². The fourth-order valence-corrected chi connectivity index (χ4v) is 2.11. The number of aromatic nitrogens is 3. The summed E-state index contributed by atoms with van der Waals surface area (Å²) in [4.78, 5) is 0. The highest BCUT2D eigenvalue weighted by molar-refractivity contribution is 5.22. The minimum atomic E-state index is -0.206. The van der Waals surface area contributed by atoms with Gasteiger partial charge in [-0.15, -0.1) is 5.10 Å². The van der Waals surface area contributed by atoms with Gasteiger partial charge in [0.15, 0.2) is 0 Å². The zero-order valence-electron chi connectivity index (χ0n) is 11.2. The summed E-state index contributed by atoms with van der Waals surface area (Å²) in [5.74, 6) is 5.70. The van der Waals surface area contributed by atoms with Gasteiger partial charge in [0.05, 0.1) is 17.9 Å². The Morgan fingerprint density at radius 2 is 2.11 bits per heavy atom. The quantitative estimate of drug-likeness (QED) is 0.601. The average molecular weight is 261 g/mol. The maximum absolute atomic E-state index is 5.85. The molecule has 0 bridgehead atoms. The van der Waals surface area contributed by atoms with E-state index in [0.717, 1.165) is 11.3 Å². The van der Waals surface area contributed by atoms with Crippen molar-refractivity contribution in [3.8, 4) is 0 Å². The van der Waals surface area contributed by atoms with Gasteiger partial charge in [-0.05, 0) is 12.5 Å². The van der Waals surface area contributed by atoms with Crippen molar-refractivity contribution in [3.05, 3.63) is 47.8 Å². The van der Waals surface area contributed by atoms with Crippen LogP contribution < -0.4 is 11.3 Å². The Bertz CT molecular complexity index is 499. The van der Waals surface area contributed by atoms with Gasteiger partial charge < -0.3 is 4.74 Å². The molecule has 0 fully saturated rings. The van der Waals surface area contributed by atoms with E-state index in [9.17, 15) is 0 Å². The van der Waals surface area contributed by atoms with E-state index in [0.29, 0.717) is 6.61 Å². The lowest BCUT2D eigenvalue weighted by Gasteiger charge is -2.26. The van der Waals surface area contributed by atoms with Crippen LogP contribution in [0.5, 0.6) is 0 Å². The molecule has 6 nitrogen and oxygen atoms in total. The number of rotatable bonds is 6. The highest BCUT2D eigenvalue weighted by atomic mass is 16.5. The highest BCUT2D eigenvalue weighted by Crippen LogP contribution is 2.30. The van der Waals surface area contributed by atoms with Crippen molar-refractivity contribution in [2.24, 2.45) is 12.9 Å². The molecule has 1 heterocycles. The molecule has 0 aliphatic carbocycles. The van der Waals surface area contributed by atoms with E-state index in [1.165, 1.54) is 0 Å². The van der Waals surface area contributed by atoms with Gasteiger partial charge >= 0.3 is 0 Å². The fourth-order valence-electron chi connectivity index (χ4n) is 2.11. The Hall–Kier alpha value is -1.76. The third kappa shape index (κ3) is 2.98. The predicted octanol–water partition coefficient (Wildman–Crippen LogP) is 1.10. The smallest absolute Gasteiger partial charge is 0.105 e. The summed E-state index contributed by atoms with van der Waals surface area (Å²) in [7, 11) is 1.83. The third-order valence-electron chi connectivity index (χ3n) is 3.02. The van der Waals surface area contributed by atoms with Crippen LogP contribution in [-0.4, -0.2) is 21.6 Å². The van der Waals surface area contributed by atoms with Crippen molar-refractivity contribution in [2.75, 3.05) is 6.61 Å². The minimum absolute atomic E-state index is 0.187.